The molecule has 0 fully saturated rings. The molecule has 100 valence electrons. The number of benzene rings is 2. The first-order valence-corrected chi connectivity index (χ1v) is 6.74. The molecule has 2 nitrogen and oxygen atoms in total. The summed E-state index contributed by atoms with van der Waals surface area (Å²) in [7, 11) is 0. The van der Waals surface area contributed by atoms with Crippen LogP contribution in [0.2, 0.25) is 10.0 Å². The third kappa shape index (κ3) is 2.65. The fourth-order valence-electron chi connectivity index (χ4n) is 1.99. The summed E-state index contributed by atoms with van der Waals surface area (Å²) in [6.07, 6.45) is 0.667. The number of hydrogen-bond acceptors (Lipinski definition) is 2. The molecule has 4 heteroatoms. The van der Waals surface area contributed by atoms with Crippen molar-refractivity contribution in [2.75, 3.05) is 11.5 Å². The van der Waals surface area contributed by atoms with Crippen LogP contribution in [0.25, 0.3) is 0 Å². The van der Waals surface area contributed by atoms with Crippen molar-refractivity contribution in [2.24, 2.45) is 0 Å². The maximum Gasteiger partial charge on any atom is 0.0491 e. The van der Waals surface area contributed by atoms with E-state index in [4.69, 9.17) is 34.7 Å². The Labute approximate surface area is 123 Å². The first kappa shape index (κ1) is 14.0. The molecule has 0 unspecified atom stereocenters. The number of nitrogens with two attached hydrogens (primary N) is 2. The normalized spacial score (nSPS) is 10.7. The molecular weight excluding hydrogens is 279 g/mol. The van der Waals surface area contributed by atoms with Crippen LogP contribution in [0.1, 0.15) is 22.3 Å². The molecule has 0 atom stereocenters. The number of hydrogen-bond donors (Lipinski definition) is 2. The van der Waals surface area contributed by atoms with Crippen molar-refractivity contribution in [1.29, 1.82) is 0 Å². The highest BCUT2D eigenvalue weighted by atomic mass is 35.5. The van der Waals surface area contributed by atoms with Gasteiger partial charge < -0.3 is 11.5 Å². The summed E-state index contributed by atoms with van der Waals surface area (Å²) in [4.78, 5) is 0. The van der Waals surface area contributed by atoms with E-state index in [1.165, 1.54) is 0 Å². The lowest BCUT2D eigenvalue weighted by molar-refractivity contribution is 1.17. The Morgan fingerprint density at radius 3 is 1.53 bits per heavy atom. The standard InChI is InChI=1S/C15H16Cl2N2/c1-8-12(18)5-3-10(14(8)16)7-11-4-6-13(19)9(2)15(11)17/h3-6H,7,18-19H2,1-2H3. The SMILES string of the molecule is Cc1c(N)ccc(Cc2ccc(N)c(C)c2Cl)c1Cl. The highest BCUT2D eigenvalue weighted by Crippen LogP contribution is 2.31. The highest BCUT2D eigenvalue weighted by Gasteiger charge is 2.11. The van der Waals surface area contributed by atoms with Crippen LogP contribution in [0, 0.1) is 13.8 Å². The van der Waals surface area contributed by atoms with Crippen LogP contribution in [-0.2, 0) is 6.42 Å². The second kappa shape index (κ2) is 5.32. The predicted octanol–water partition coefficient (Wildman–Crippen LogP) is 4.37. The Morgan fingerprint density at radius 1 is 0.789 bits per heavy atom. The van der Waals surface area contributed by atoms with Crippen LogP contribution >= 0.6 is 23.2 Å². The van der Waals surface area contributed by atoms with Crippen LogP contribution in [0.3, 0.4) is 0 Å². The van der Waals surface area contributed by atoms with Crippen molar-refractivity contribution < 1.29 is 0 Å². The third-order valence-corrected chi connectivity index (χ3v) is 4.45. The molecule has 0 aliphatic rings. The molecule has 0 aromatic heterocycles. The molecule has 0 heterocycles. The van der Waals surface area contributed by atoms with Crippen LogP contribution in [0.5, 0.6) is 0 Å². The van der Waals surface area contributed by atoms with E-state index in [-0.39, 0.29) is 0 Å². The predicted molar refractivity (Wildman–Crippen MR) is 84.0 cm³/mol. The largest absolute Gasteiger partial charge is 0.398 e. The van der Waals surface area contributed by atoms with E-state index in [0.29, 0.717) is 27.8 Å². The van der Waals surface area contributed by atoms with Gasteiger partial charge in [0.05, 0.1) is 0 Å². The molecule has 0 bridgehead atoms. The van der Waals surface area contributed by atoms with Crippen LogP contribution < -0.4 is 11.5 Å². The summed E-state index contributed by atoms with van der Waals surface area (Å²) >= 11 is 12.6. The van der Waals surface area contributed by atoms with E-state index in [1.54, 1.807) is 0 Å². The molecule has 2 aromatic rings. The lowest BCUT2D eigenvalue weighted by atomic mass is 10.00. The van der Waals surface area contributed by atoms with Gasteiger partial charge in [0.1, 0.15) is 0 Å². The minimum absolute atomic E-state index is 0.667. The monoisotopic (exact) mass is 294 g/mol. The van der Waals surface area contributed by atoms with Gasteiger partial charge in [-0.1, -0.05) is 35.3 Å². The number of nitrogen functional groups attached to an aromatic ring is 2. The molecule has 0 aliphatic carbocycles. The van der Waals surface area contributed by atoms with Gasteiger partial charge in [0.25, 0.3) is 0 Å². The van der Waals surface area contributed by atoms with Gasteiger partial charge in [-0.05, 0) is 48.2 Å². The van der Waals surface area contributed by atoms with E-state index in [0.717, 1.165) is 22.3 Å². The zero-order valence-corrected chi connectivity index (χ0v) is 12.4. The summed E-state index contributed by atoms with van der Waals surface area (Å²) in [5, 5.41) is 1.40. The molecule has 0 saturated carbocycles. The first-order valence-electron chi connectivity index (χ1n) is 5.98. The summed E-state index contributed by atoms with van der Waals surface area (Å²) in [6.45, 7) is 3.83. The molecule has 4 N–H and O–H groups in total. The smallest absolute Gasteiger partial charge is 0.0491 e. The third-order valence-electron chi connectivity index (χ3n) is 3.40. The zero-order valence-electron chi connectivity index (χ0n) is 10.9. The minimum Gasteiger partial charge on any atom is -0.398 e. The summed E-state index contributed by atoms with van der Waals surface area (Å²) in [5.41, 5.74) is 16.9. The first-order chi connectivity index (χ1) is 8.91. The molecule has 0 aliphatic heterocycles. The zero-order chi connectivity index (χ0) is 14.2. The topological polar surface area (TPSA) is 52.0 Å². The van der Waals surface area contributed by atoms with E-state index in [2.05, 4.69) is 0 Å². The Morgan fingerprint density at radius 2 is 1.16 bits per heavy atom. The molecular formula is C15H16Cl2N2. The fourth-order valence-corrected chi connectivity index (χ4v) is 2.47. The van der Waals surface area contributed by atoms with Gasteiger partial charge in [-0.2, -0.15) is 0 Å². The highest BCUT2D eigenvalue weighted by molar-refractivity contribution is 6.33. The molecule has 2 rings (SSSR count). The van der Waals surface area contributed by atoms with Gasteiger partial charge in [-0.15, -0.1) is 0 Å². The Balaban J connectivity index is 2.43. The lowest BCUT2D eigenvalue weighted by Crippen LogP contribution is -1.98. The molecule has 0 spiro atoms. The molecule has 0 radical (unpaired) electrons. The average molecular weight is 295 g/mol. The Hall–Kier alpha value is -1.38. The number of rotatable bonds is 2. The summed E-state index contributed by atoms with van der Waals surface area (Å²) in [5.74, 6) is 0. The van der Waals surface area contributed by atoms with E-state index in [9.17, 15) is 0 Å². The molecule has 19 heavy (non-hydrogen) atoms. The van der Waals surface area contributed by atoms with Gasteiger partial charge in [0, 0.05) is 27.8 Å². The van der Waals surface area contributed by atoms with E-state index >= 15 is 0 Å². The summed E-state index contributed by atoms with van der Waals surface area (Å²) < 4.78 is 0. The van der Waals surface area contributed by atoms with Crippen molar-refractivity contribution in [3.05, 3.63) is 56.6 Å². The van der Waals surface area contributed by atoms with Crippen molar-refractivity contribution in [2.45, 2.75) is 20.3 Å². The minimum atomic E-state index is 0.667. The van der Waals surface area contributed by atoms with Crippen molar-refractivity contribution in [3.63, 3.8) is 0 Å². The van der Waals surface area contributed by atoms with Gasteiger partial charge in [0.2, 0.25) is 0 Å². The maximum absolute atomic E-state index is 6.32. The molecule has 0 saturated heterocycles. The lowest BCUT2D eigenvalue weighted by Gasteiger charge is -2.12. The number of anilines is 2. The van der Waals surface area contributed by atoms with Gasteiger partial charge in [-0.3, -0.25) is 0 Å². The second-order valence-corrected chi connectivity index (χ2v) is 5.44. The second-order valence-electron chi connectivity index (χ2n) is 4.68. The van der Waals surface area contributed by atoms with E-state index in [1.807, 2.05) is 38.1 Å². The fraction of sp³-hybridized carbons (Fsp3) is 0.200. The van der Waals surface area contributed by atoms with Gasteiger partial charge in [0.15, 0.2) is 0 Å². The quantitative estimate of drug-likeness (QED) is 0.808. The van der Waals surface area contributed by atoms with Crippen molar-refractivity contribution in [3.8, 4) is 0 Å². The van der Waals surface area contributed by atoms with Crippen LogP contribution in [0.4, 0.5) is 11.4 Å². The van der Waals surface area contributed by atoms with Crippen LogP contribution in [-0.4, -0.2) is 0 Å². The van der Waals surface area contributed by atoms with Gasteiger partial charge in [-0.25, -0.2) is 0 Å². The Kier molecular flexibility index (Phi) is 3.93. The van der Waals surface area contributed by atoms with E-state index < -0.39 is 0 Å². The molecule has 0 amide bonds. The molecule has 2 aromatic carbocycles. The Bertz CT molecular complexity index is 581. The average Bonchev–Trinajstić information content (AvgIpc) is 2.39. The van der Waals surface area contributed by atoms with Crippen LogP contribution in [0.15, 0.2) is 24.3 Å². The maximum atomic E-state index is 6.32. The van der Waals surface area contributed by atoms with Gasteiger partial charge >= 0.3 is 0 Å². The summed E-state index contributed by atoms with van der Waals surface area (Å²) in [6, 6.07) is 7.61. The van der Waals surface area contributed by atoms with Crippen molar-refractivity contribution in [1.82, 2.24) is 0 Å². The number of halogens is 2. The van der Waals surface area contributed by atoms with Crippen molar-refractivity contribution >= 4 is 34.6 Å².